The minimum atomic E-state index is 0.0698. The molecule has 1 aromatic heterocycles. The highest BCUT2D eigenvalue weighted by Gasteiger charge is 2.40. The second-order valence-corrected chi connectivity index (χ2v) is 12.1. The summed E-state index contributed by atoms with van der Waals surface area (Å²) in [7, 11) is 0. The molecule has 0 saturated heterocycles. The summed E-state index contributed by atoms with van der Waals surface area (Å²) in [6, 6.07) is 45.1. The summed E-state index contributed by atoms with van der Waals surface area (Å²) in [5.41, 5.74) is 8.14. The van der Waals surface area contributed by atoms with E-state index in [-0.39, 0.29) is 6.71 Å². The first-order valence-electron chi connectivity index (χ1n) is 14.2. The lowest BCUT2D eigenvalue weighted by Gasteiger charge is -2.33. The normalized spacial score (nSPS) is 12.7. The lowest BCUT2D eigenvalue weighted by Crippen LogP contribution is -2.57. The van der Waals surface area contributed by atoms with Crippen LogP contribution >= 0.6 is 11.3 Å². The van der Waals surface area contributed by atoms with Crippen molar-refractivity contribution in [2.45, 2.75) is 6.92 Å². The van der Waals surface area contributed by atoms with Crippen LogP contribution in [0.3, 0.4) is 0 Å². The number of rotatable bonds is 3. The van der Waals surface area contributed by atoms with E-state index in [2.05, 4.69) is 127 Å². The number of para-hydroxylation sites is 2. The van der Waals surface area contributed by atoms with Gasteiger partial charge in [-0.3, -0.25) is 0 Å². The third-order valence-electron chi connectivity index (χ3n) is 8.42. The molecular formula is C37H24BNO2S. The van der Waals surface area contributed by atoms with Gasteiger partial charge >= 0.3 is 0 Å². The average molecular weight is 557 g/mol. The van der Waals surface area contributed by atoms with Crippen LogP contribution in [-0.4, -0.2) is 6.71 Å². The predicted molar refractivity (Wildman–Crippen MR) is 176 cm³/mol. The molecule has 0 aliphatic carbocycles. The number of fused-ring (bicyclic) bond motifs is 7. The Morgan fingerprint density at radius 1 is 0.524 bits per heavy atom. The fraction of sp³-hybridized carbons (Fsp3) is 0.0270. The Bertz CT molecular complexity index is 2130. The third-order valence-corrected chi connectivity index (χ3v) is 9.53. The van der Waals surface area contributed by atoms with Gasteiger partial charge in [0, 0.05) is 42.7 Å². The summed E-state index contributed by atoms with van der Waals surface area (Å²) in [6.45, 7) is 2.21. The molecule has 0 bridgehead atoms. The largest absolute Gasteiger partial charge is 0.458 e. The van der Waals surface area contributed by atoms with E-state index in [9.17, 15) is 0 Å². The topological polar surface area (TPSA) is 21.7 Å². The van der Waals surface area contributed by atoms with Crippen LogP contribution < -0.4 is 30.8 Å². The molecule has 3 heterocycles. The SMILES string of the molecule is Cc1ccc2c(c1)B1c3cc4sc5cc(N(c6ccccc6)c6ccccc6)ccc5c4cc3Oc3cccc(c31)O2. The molecule has 0 atom stereocenters. The third kappa shape index (κ3) is 3.54. The molecule has 42 heavy (non-hydrogen) atoms. The van der Waals surface area contributed by atoms with Gasteiger partial charge in [0.05, 0.1) is 0 Å². The second kappa shape index (κ2) is 9.00. The Morgan fingerprint density at radius 2 is 1.19 bits per heavy atom. The Labute approximate surface area is 248 Å². The Morgan fingerprint density at radius 3 is 1.93 bits per heavy atom. The van der Waals surface area contributed by atoms with Gasteiger partial charge in [0.2, 0.25) is 0 Å². The molecule has 5 heteroatoms. The molecule has 0 fully saturated rings. The van der Waals surface area contributed by atoms with Gasteiger partial charge in [-0.15, -0.1) is 11.3 Å². The van der Waals surface area contributed by atoms with Gasteiger partial charge in [-0.2, -0.15) is 0 Å². The molecule has 0 N–H and O–H groups in total. The van der Waals surface area contributed by atoms with E-state index < -0.39 is 0 Å². The van der Waals surface area contributed by atoms with Crippen LogP contribution in [0.2, 0.25) is 0 Å². The molecule has 0 spiro atoms. The van der Waals surface area contributed by atoms with E-state index in [4.69, 9.17) is 9.47 Å². The molecule has 2 aliphatic rings. The maximum Gasteiger partial charge on any atom is 0.260 e. The van der Waals surface area contributed by atoms with Gasteiger partial charge < -0.3 is 14.4 Å². The number of thiophene rings is 1. The molecular weight excluding hydrogens is 533 g/mol. The van der Waals surface area contributed by atoms with Gasteiger partial charge in [0.1, 0.15) is 23.0 Å². The Kier molecular flexibility index (Phi) is 5.08. The molecule has 0 radical (unpaired) electrons. The summed E-state index contributed by atoms with van der Waals surface area (Å²) in [6.07, 6.45) is 0. The number of benzene rings is 6. The van der Waals surface area contributed by atoms with Crippen LogP contribution in [0.25, 0.3) is 20.2 Å². The minimum Gasteiger partial charge on any atom is -0.458 e. The van der Waals surface area contributed by atoms with Crippen LogP contribution in [0.15, 0.2) is 127 Å². The fourth-order valence-electron chi connectivity index (χ4n) is 6.55. The number of nitrogens with zero attached hydrogens (tertiary/aromatic N) is 1. The van der Waals surface area contributed by atoms with Crippen molar-refractivity contribution < 1.29 is 9.47 Å². The maximum atomic E-state index is 6.59. The first kappa shape index (κ1) is 23.7. The predicted octanol–water partition coefficient (Wildman–Crippen LogP) is 8.56. The standard InChI is InChI=1S/C37H24BNO2S/c1-23-15-18-31-29(19-23)38-30-22-36-28(21-34(30)41-33-14-8-13-32(40-31)37(33)38)27-17-16-26(20-35(27)42-36)39(24-9-4-2-5-10-24)25-11-6-3-7-12-25/h2-22H,1H3. The summed E-state index contributed by atoms with van der Waals surface area (Å²) >= 11 is 1.84. The fourth-order valence-corrected chi connectivity index (χ4v) is 7.72. The van der Waals surface area contributed by atoms with Crippen molar-refractivity contribution in [3.8, 4) is 23.0 Å². The summed E-state index contributed by atoms with van der Waals surface area (Å²) in [4.78, 5) is 2.32. The zero-order valence-electron chi connectivity index (χ0n) is 22.9. The van der Waals surface area contributed by atoms with Crippen molar-refractivity contribution in [3.05, 3.63) is 133 Å². The lowest BCUT2D eigenvalue weighted by atomic mass is 9.35. The Hall–Kier alpha value is -5.00. The quantitative estimate of drug-likeness (QED) is 0.203. The van der Waals surface area contributed by atoms with Gasteiger partial charge in [0.25, 0.3) is 6.71 Å². The molecule has 0 amide bonds. The number of ether oxygens (including phenoxy) is 2. The van der Waals surface area contributed by atoms with Gasteiger partial charge in [-0.1, -0.05) is 66.2 Å². The smallest absolute Gasteiger partial charge is 0.260 e. The van der Waals surface area contributed by atoms with Crippen LogP contribution in [0.4, 0.5) is 17.1 Å². The van der Waals surface area contributed by atoms with Gasteiger partial charge in [0.15, 0.2) is 0 Å². The van der Waals surface area contributed by atoms with Crippen molar-refractivity contribution in [1.82, 2.24) is 0 Å². The van der Waals surface area contributed by atoms with Crippen molar-refractivity contribution in [2.24, 2.45) is 0 Å². The van der Waals surface area contributed by atoms with Gasteiger partial charge in [-0.05, 0) is 84.6 Å². The second-order valence-electron chi connectivity index (χ2n) is 11.0. The van der Waals surface area contributed by atoms with Gasteiger partial charge in [-0.25, -0.2) is 0 Å². The summed E-state index contributed by atoms with van der Waals surface area (Å²) in [5, 5.41) is 2.47. The van der Waals surface area contributed by atoms with E-state index in [1.165, 1.54) is 36.7 Å². The molecule has 198 valence electrons. The van der Waals surface area contributed by atoms with Crippen molar-refractivity contribution >= 4 is 71.7 Å². The molecule has 2 aliphatic heterocycles. The number of aryl methyl sites for hydroxylation is 1. The highest BCUT2D eigenvalue weighted by Crippen LogP contribution is 2.43. The van der Waals surface area contributed by atoms with E-state index in [1.807, 2.05) is 23.5 Å². The molecule has 9 rings (SSSR count). The van der Waals surface area contributed by atoms with Crippen molar-refractivity contribution in [2.75, 3.05) is 4.90 Å². The number of anilines is 3. The Balaban J connectivity index is 1.23. The van der Waals surface area contributed by atoms with Crippen molar-refractivity contribution in [1.29, 1.82) is 0 Å². The minimum absolute atomic E-state index is 0.0698. The summed E-state index contributed by atoms with van der Waals surface area (Å²) in [5.74, 6) is 3.60. The van der Waals surface area contributed by atoms with Crippen LogP contribution in [0.1, 0.15) is 5.56 Å². The molecule has 0 unspecified atom stereocenters. The van der Waals surface area contributed by atoms with Crippen LogP contribution in [0.5, 0.6) is 23.0 Å². The lowest BCUT2D eigenvalue weighted by molar-refractivity contribution is 0.465. The highest BCUT2D eigenvalue weighted by atomic mass is 32.1. The van der Waals surface area contributed by atoms with E-state index >= 15 is 0 Å². The molecule has 7 aromatic rings. The zero-order valence-corrected chi connectivity index (χ0v) is 23.7. The highest BCUT2D eigenvalue weighted by molar-refractivity contribution is 7.26. The monoisotopic (exact) mass is 557 g/mol. The summed E-state index contributed by atoms with van der Waals surface area (Å²) < 4.78 is 15.5. The van der Waals surface area contributed by atoms with E-state index in [0.717, 1.165) is 45.5 Å². The first-order valence-corrected chi connectivity index (χ1v) is 15.0. The van der Waals surface area contributed by atoms with Crippen LogP contribution in [0, 0.1) is 6.92 Å². The molecule has 6 aromatic carbocycles. The van der Waals surface area contributed by atoms with Crippen molar-refractivity contribution in [3.63, 3.8) is 0 Å². The number of hydrogen-bond donors (Lipinski definition) is 0. The van der Waals surface area contributed by atoms with E-state index in [0.29, 0.717) is 0 Å². The zero-order chi connectivity index (χ0) is 27.8. The molecule has 3 nitrogen and oxygen atoms in total. The maximum absolute atomic E-state index is 6.59. The average Bonchev–Trinajstić information content (AvgIpc) is 3.38. The van der Waals surface area contributed by atoms with E-state index in [1.54, 1.807) is 0 Å². The molecule has 0 saturated carbocycles. The van der Waals surface area contributed by atoms with Crippen LogP contribution in [-0.2, 0) is 0 Å². The number of hydrogen-bond acceptors (Lipinski definition) is 4. The first-order chi connectivity index (χ1) is 20.7.